The van der Waals surface area contributed by atoms with Crippen LogP contribution in [0.15, 0.2) is 24.3 Å². The maximum absolute atomic E-state index is 12.3. The van der Waals surface area contributed by atoms with Crippen molar-refractivity contribution in [2.45, 2.75) is 32.9 Å². The van der Waals surface area contributed by atoms with E-state index in [-0.39, 0.29) is 6.54 Å². The standard InChI is InChI=1S/C14H22F2N2/c1-3-8-17-9-12-6-4-5-7-13(12)10-18(2)11-14(15)16/h4-7,14,17H,3,8-11H2,1-2H3. The summed E-state index contributed by atoms with van der Waals surface area (Å²) in [6.45, 7) is 4.27. The molecule has 0 saturated carbocycles. The monoisotopic (exact) mass is 256 g/mol. The van der Waals surface area contributed by atoms with Crippen LogP contribution < -0.4 is 5.32 Å². The molecule has 1 aromatic carbocycles. The Kier molecular flexibility index (Phi) is 6.83. The van der Waals surface area contributed by atoms with Crippen molar-refractivity contribution in [1.82, 2.24) is 10.2 Å². The highest BCUT2D eigenvalue weighted by Crippen LogP contribution is 2.11. The largest absolute Gasteiger partial charge is 0.313 e. The number of nitrogens with one attached hydrogen (secondary N) is 1. The lowest BCUT2D eigenvalue weighted by atomic mass is 10.1. The molecule has 102 valence electrons. The summed E-state index contributed by atoms with van der Waals surface area (Å²) in [4.78, 5) is 1.66. The van der Waals surface area contributed by atoms with Crippen LogP contribution in [0.5, 0.6) is 0 Å². The Morgan fingerprint density at radius 1 is 1.22 bits per heavy atom. The molecule has 2 nitrogen and oxygen atoms in total. The first-order chi connectivity index (χ1) is 8.63. The Labute approximate surface area is 108 Å². The zero-order chi connectivity index (χ0) is 13.4. The zero-order valence-corrected chi connectivity index (χ0v) is 11.1. The molecule has 0 amide bonds. The molecular weight excluding hydrogens is 234 g/mol. The normalized spacial score (nSPS) is 11.4. The molecule has 0 radical (unpaired) electrons. The lowest BCUT2D eigenvalue weighted by Crippen LogP contribution is -2.25. The van der Waals surface area contributed by atoms with Gasteiger partial charge in [0.1, 0.15) is 0 Å². The maximum atomic E-state index is 12.3. The van der Waals surface area contributed by atoms with Gasteiger partial charge in [-0.3, -0.25) is 4.90 Å². The summed E-state index contributed by atoms with van der Waals surface area (Å²) in [5.74, 6) is 0. The van der Waals surface area contributed by atoms with Gasteiger partial charge in [0.25, 0.3) is 6.43 Å². The second-order valence-electron chi connectivity index (χ2n) is 4.53. The van der Waals surface area contributed by atoms with E-state index in [2.05, 4.69) is 12.2 Å². The predicted octanol–water partition coefficient (Wildman–Crippen LogP) is 2.88. The van der Waals surface area contributed by atoms with Gasteiger partial charge in [0, 0.05) is 13.1 Å². The summed E-state index contributed by atoms with van der Waals surface area (Å²) in [7, 11) is 1.72. The van der Waals surface area contributed by atoms with E-state index in [4.69, 9.17) is 0 Å². The van der Waals surface area contributed by atoms with Gasteiger partial charge in [0.2, 0.25) is 0 Å². The van der Waals surface area contributed by atoms with E-state index >= 15 is 0 Å². The van der Waals surface area contributed by atoms with E-state index in [1.165, 1.54) is 5.56 Å². The molecule has 0 fully saturated rings. The van der Waals surface area contributed by atoms with Crippen LogP contribution in [0.4, 0.5) is 8.78 Å². The van der Waals surface area contributed by atoms with Crippen LogP contribution in [-0.2, 0) is 13.1 Å². The van der Waals surface area contributed by atoms with E-state index in [1.54, 1.807) is 11.9 Å². The maximum Gasteiger partial charge on any atom is 0.251 e. The number of nitrogens with zero attached hydrogens (tertiary/aromatic N) is 1. The SMILES string of the molecule is CCCNCc1ccccc1CN(C)CC(F)F. The molecule has 0 heterocycles. The molecule has 1 aromatic rings. The smallest absolute Gasteiger partial charge is 0.251 e. The van der Waals surface area contributed by atoms with Crippen LogP contribution in [-0.4, -0.2) is 31.5 Å². The second kappa shape index (κ2) is 8.16. The molecule has 0 bridgehead atoms. The van der Waals surface area contributed by atoms with Crippen molar-refractivity contribution >= 4 is 0 Å². The fourth-order valence-corrected chi connectivity index (χ4v) is 1.87. The van der Waals surface area contributed by atoms with Crippen LogP contribution >= 0.6 is 0 Å². The molecule has 0 atom stereocenters. The summed E-state index contributed by atoms with van der Waals surface area (Å²) in [6.07, 6.45) is -1.19. The van der Waals surface area contributed by atoms with Crippen molar-refractivity contribution in [3.05, 3.63) is 35.4 Å². The third-order valence-electron chi connectivity index (χ3n) is 2.75. The van der Waals surface area contributed by atoms with E-state index < -0.39 is 6.43 Å². The molecule has 4 heteroatoms. The second-order valence-corrected chi connectivity index (χ2v) is 4.53. The van der Waals surface area contributed by atoms with Gasteiger partial charge < -0.3 is 5.32 Å². The number of halogens is 2. The average Bonchev–Trinajstić information content (AvgIpc) is 2.30. The van der Waals surface area contributed by atoms with Gasteiger partial charge in [0.15, 0.2) is 0 Å². The number of hydrogen-bond acceptors (Lipinski definition) is 2. The number of rotatable bonds is 8. The molecular formula is C14H22F2N2. The molecule has 18 heavy (non-hydrogen) atoms. The third kappa shape index (κ3) is 5.56. The topological polar surface area (TPSA) is 15.3 Å². The van der Waals surface area contributed by atoms with Crippen LogP contribution in [0.1, 0.15) is 24.5 Å². The number of hydrogen-bond donors (Lipinski definition) is 1. The molecule has 0 unspecified atom stereocenters. The average molecular weight is 256 g/mol. The van der Waals surface area contributed by atoms with E-state index in [1.807, 2.05) is 24.3 Å². The predicted molar refractivity (Wildman–Crippen MR) is 70.8 cm³/mol. The summed E-state index contributed by atoms with van der Waals surface area (Å²) in [6, 6.07) is 7.99. The van der Waals surface area contributed by atoms with Crippen molar-refractivity contribution in [3.63, 3.8) is 0 Å². The quantitative estimate of drug-likeness (QED) is 0.719. The van der Waals surface area contributed by atoms with Gasteiger partial charge >= 0.3 is 0 Å². The lowest BCUT2D eigenvalue weighted by molar-refractivity contribution is 0.0974. The highest BCUT2D eigenvalue weighted by Gasteiger charge is 2.09. The Morgan fingerprint density at radius 3 is 2.50 bits per heavy atom. The number of alkyl halides is 2. The van der Waals surface area contributed by atoms with E-state index in [9.17, 15) is 8.78 Å². The van der Waals surface area contributed by atoms with Crippen molar-refractivity contribution in [3.8, 4) is 0 Å². The van der Waals surface area contributed by atoms with E-state index in [0.29, 0.717) is 6.54 Å². The van der Waals surface area contributed by atoms with E-state index in [0.717, 1.165) is 25.1 Å². The first kappa shape index (κ1) is 15.1. The minimum absolute atomic E-state index is 0.184. The summed E-state index contributed by atoms with van der Waals surface area (Å²) >= 11 is 0. The van der Waals surface area contributed by atoms with Crippen molar-refractivity contribution in [1.29, 1.82) is 0 Å². The molecule has 1 N–H and O–H groups in total. The first-order valence-corrected chi connectivity index (χ1v) is 6.37. The van der Waals surface area contributed by atoms with Gasteiger partial charge in [-0.25, -0.2) is 8.78 Å². The Hall–Kier alpha value is -1.00. The third-order valence-corrected chi connectivity index (χ3v) is 2.75. The van der Waals surface area contributed by atoms with Crippen molar-refractivity contribution in [2.24, 2.45) is 0 Å². The van der Waals surface area contributed by atoms with Crippen molar-refractivity contribution in [2.75, 3.05) is 20.1 Å². The Balaban J connectivity index is 2.58. The molecule has 0 aromatic heterocycles. The van der Waals surface area contributed by atoms with Crippen LogP contribution in [0, 0.1) is 0 Å². The highest BCUT2D eigenvalue weighted by molar-refractivity contribution is 5.26. The molecule has 0 aliphatic heterocycles. The minimum atomic E-state index is -2.28. The Morgan fingerprint density at radius 2 is 1.89 bits per heavy atom. The molecule has 0 spiro atoms. The highest BCUT2D eigenvalue weighted by atomic mass is 19.3. The number of benzene rings is 1. The lowest BCUT2D eigenvalue weighted by Gasteiger charge is -2.18. The van der Waals surface area contributed by atoms with Crippen LogP contribution in [0.2, 0.25) is 0 Å². The fourth-order valence-electron chi connectivity index (χ4n) is 1.87. The van der Waals surface area contributed by atoms with Gasteiger partial charge in [0.05, 0.1) is 6.54 Å². The Bertz CT molecular complexity index is 342. The molecule has 1 rings (SSSR count). The van der Waals surface area contributed by atoms with Crippen LogP contribution in [0.25, 0.3) is 0 Å². The van der Waals surface area contributed by atoms with Crippen molar-refractivity contribution < 1.29 is 8.78 Å². The summed E-state index contributed by atoms with van der Waals surface area (Å²) in [5.41, 5.74) is 2.30. The molecule has 0 aliphatic carbocycles. The van der Waals surface area contributed by atoms with Gasteiger partial charge in [-0.05, 0) is 31.1 Å². The van der Waals surface area contributed by atoms with Gasteiger partial charge in [-0.2, -0.15) is 0 Å². The zero-order valence-electron chi connectivity index (χ0n) is 11.1. The summed E-state index contributed by atoms with van der Waals surface area (Å²) in [5, 5.41) is 3.34. The first-order valence-electron chi connectivity index (χ1n) is 6.37. The van der Waals surface area contributed by atoms with Gasteiger partial charge in [-0.1, -0.05) is 31.2 Å². The fraction of sp³-hybridized carbons (Fsp3) is 0.571. The van der Waals surface area contributed by atoms with Crippen LogP contribution in [0.3, 0.4) is 0 Å². The molecule has 0 aliphatic rings. The summed E-state index contributed by atoms with van der Waals surface area (Å²) < 4.78 is 24.6. The minimum Gasteiger partial charge on any atom is -0.313 e. The molecule has 0 saturated heterocycles. The van der Waals surface area contributed by atoms with Gasteiger partial charge in [-0.15, -0.1) is 0 Å².